The summed E-state index contributed by atoms with van der Waals surface area (Å²) >= 11 is 0. The Hall–Kier alpha value is -9.91. The van der Waals surface area contributed by atoms with Crippen LogP contribution in [0, 0.1) is 0 Å². The van der Waals surface area contributed by atoms with Gasteiger partial charge >= 0.3 is 17.9 Å². The van der Waals surface area contributed by atoms with Gasteiger partial charge in [-0.3, -0.25) is 0 Å². The summed E-state index contributed by atoms with van der Waals surface area (Å²) in [6.45, 7) is 0.307. The van der Waals surface area contributed by atoms with Crippen LogP contribution < -0.4 is 0 Å². The Balaban J connectivity index is 0.893. The molecule has 19 nitrogen and oxygen atoms in total. The molecule has 3 fully saturated rings. The van der Waals surface area contributed by atoms with Crippen molar-refractivity contribution in [3.8, 4) is 0 Å². The predicted octanol–water partition coefficient (Wildman–Crippen LogP) is 14.2. The number of hydrogen-bond acceptors (Lipinski definition) is 19. The number of ether oxygens (including phenoxy) is 16. The number of carbonyl (C=O) groups excluding carboxylic acids is 3. The molecule has 3 aliphatic rings. The minimum atomic E-state index is -1.61. The highest BCUT2D eigenvalue weighted by molar-refractivity contribution is 5.91. The van der Waals surface area contributed by atoms with Crippen molar-refractivity contribution in [3.05, 3.63) is 359 Å². The maximum absolute atomic E-state index is 14.7. The maximum atomic E-state index is 14.7. The Bertz CT molecular complexity index is 4260. The van der Waals surface area contributed by atoms with Gasteiger partial charge in [-0.25, -0.2) is 14.4 Å². The van der Waals surface area contributed by atoms with Gasteiger partial charge in [-0.05, 0) is 75.3 Å². The van der Waals surface area contributed by atoms with Crippen LogP contribution in [0.2, 0.25) is 0 Å². The van der Waals surface area contributed by atoms with Gasteiger partial charge in [0.25, 0.3) is 0 Å². The molecule has 13 rings (SSSR count). The SMILES string of the molecule is CO[C@H]1O[C@H](CO[C@H]2O[C@H](CO[C@H]3O[C@H](COCc4ccccc4)[C@@H](OCc4ccccc4)[C@H](OCc4ccccc4)[C@@H]3OCc3ccccc3)[C@@H](OCc3ccccc3)[C@H](OCc3ccccc3)[C@@H]2OCc2ccccc2)[C@@H](OC(=O)c2ccccc2)[C@H](OC(=O)c2ccccc2)[C@@H]1OC(=O)c1ccccc1. The minimum Gasteiger partial charge on any atom is -0.452 e. The lowest BCUT2D eigenvalue weighted by atomic mass is 9.96. The molecule has 0 amide bonds. The van der Waals surface area contributed by atoms with Crippen molar-refractivity contribution in [3.63, 3.8) is 0 Å². The van der Waals surface area contributed by atoms with Gasteiger partial charge in [0.2, 0.25) is 0 Å². The van der Waals surface area contributed by atoms with E-state index in [1.807, 2.05) is 212 Å². The fourth-order valence-corrected chi connectivity index (χ4v) is 13.2. The Morgan fingerprint density at radius 3 is 0.796 bits per heavy atom. The van der Waals surface area contributed by atoms with Crippen LogP contribution in [0.4, 0.5) is 0 Å². The summed E-state index contributed by atoms with van der Waals surface area (Å²) in [5.74, 6) is -2.44. The largest absolute Gasteiger partial charge is 0.452 e. The molecule has 0 spiro atoms. The van der Waals surface area contributed by atoms with E-state index in [9.17, 15) is 14.4 Å². The molecular weight excluding hydrogens is 1370 g/mol. The van der Waals surface area contributed by atoms with Crippen LogP contribution in [0.25, 0.3) is 0 Å². The Kier molecular flexibility index (Phi) is 28.1. The zero-order chi connectivity index (χ0) is 73.9. The van der Waals surface area contributed by atoms with E-state index in [4.69, 9.17) is 75.8 Å². The lowest BCUT2D eigenvalue weighted by Crippen LogP contribution is -2.65. The fourth-order valence-electron chi connectivity index (χ4n) is 13.2. The quantitative estimate of drug-likeness (QED) is 0.0268. The van der Waals surface area contributed by atoms with Gasteiger partial charge < -0.3 is 75.8 Å². The summed E-state index contributed by atoms with van der Waals surface area (Å²) in [5, 5.41) is 0. The zero-order valence-corrected chi connectivity index (χ0v) is 59.9. The van der Waals surface area contributed by atoms with Crippen molar-refractivity contribution >= 4 is 17.9 Å². The topological polar surface area (TPSA) is 199 Å². The Morgan fingerprint density at radius 2 is 0.481 bits per heavy atom. The van der Waals surface area contributed by atoms with Crippen LogP contribution in [-0.2, 0) is 122 Å². The molecule has 0 aromatic heterocycles. The van der Waals surface area contributed by atoms with Gasteiger partial charge in [-0.15, -0.1) is 0 Å². The van der Waals surface area contributed by atoms with Crippen molar-refractivity contribution in [2.24, 2.45) is 0 Å². The maximum Gasteiger partial charge on any atom is 0.338 e. The van der Waals surface area contributed by atoms with Crippen LogP contribution in [0.5, 0.6) is 0 Å². The number of methoxy groups -OCH3 is 1. The van der Waals surface area contributed by atoms with Crippen molar-refractivity contribution in [1.29, 1.82) is 0 Å². The molecule has 558 valence electrons. The first-order valence-electron chi connectivity index (χ1n) is 36.3. The summed E-state index contributed by atoms with van der Waals surface area (Å²) in [7, 11) is 1.35. The van der Waals surface area contributed by atoms with Crippen molar-refractivity contribution < 1.29 is 90.2 Å². The second kappa shape index (κ2) is 39.8. The predicted molar refractivity (Wildman–Crippen MR) is 398 cm³/mol. The summed E-state index contributed by atoms with van der Waals surface area (Å²) < 4.78 is 111. The lowest BCUT2D eigenvalue weighted by molar-refractivity contribution is -0.358. The molecule has 0 aliphatic carbocycles. The van der Waals surface area contributed by atoms with Crippen molar-refractivity contribution in [2.45, 2.75) is 138 Å². The summed E-state index contributed by atoms with van der Waals surface area (Å²) in [4.78, 5) is 43.5. The molecule has 10 aromatic rings. The highest BCUT2D eigenvalue weighted by atomic mass is 16.8. The normalized spacial score (nSPS) is 24.1. The number of rotatable bonds is 35. The van der Waals surface area contributed by atoms with Gasteiger partial charge in [0.05, 0.1) is 82.8 Å². The summed E-state index contributed by atoms with van der Waals surface area (Å²) in [6, 6.07) is 93.5. The van der Waals surface area contributed by atoms with Gasteiger partial charge in [0.15, 0.2) is 37.2 Å². The van der Waals surface area contributed by atoms with E-state index in [0.29, 0.717) is 0 Å². The second-order valence-corrected chi connectivity index (χ2v) is 26.3. The van der Waals surface area contributed by atoms with Gasteiger partial charge in [-0.2, -0.15) is 0 Å². The smallest absolute Gasteiger partial charge is 0.338 e. The van der Waals surface area contributed by atoms with Crippen molar-refractivity contribution in [2.75, 3.05) is 26.9 Å². The molecule has 3 saturated heterocycles. The van der Waals surface area contributed by atoms with Crippen LogP contribution in [-0.4, -0.2) is 137 Å². The molecule has 0 saturated carbocycles. The van der Waals surface area contributed by atoms with Crippen LogP contribution in [0.3, 0.4) is 0 Å². The molecule has 0 unspecified atom stereocenters. The summed E-state index contributed by atoms with van der Waals surface area (Å²) in [6.07, 6.45) is -18.0. The molecule has 0 bridgehead atoms. The molecule has 19 heteroatoms. The third-order valence-corrected chi connectivity index (χ3v) is 18.7. The Labute approximate surface area is 629 Å². The number of carbonyl (C=O) groups is 3. The van der Waals surface area contributed by atoms with E-state index in [0.717, 1.165) is 38.9 Å². The molecular formula is C89H88O19. The average molecular weight is 1460 g/mol. The molecule has 15 atom stereocenters. The monoisotopic (exact) mass is 1460 g/mol. The van der Waals surface area contributed by atoms with Crippen LogP contribution in [0.1, 0.15) is 70.0 Å². The first kappa shape index (κ1) is 76.3. The molecule has 108 heavy (non-hydrogen) atoms. The molecule has 10 aromatic carbocycles. The van der Waals surface area contributed by atoms with E-state index in [2.05, 4.69) is 0 Å². The Morgan fingerprint density at radius 1 is 0.241 bits per heavy atom. The fraction of sp³-hybridized carbons (Fsp3) is 0.292. The standard InChI is InChI=1S/C89H88O19/c1-93-87-83(108-86(92)71-50-30-11-31-51-71)80(107-85(91)70-48-28-10-29-49-70)77(106-84(90)69-46-26-9-27-47-69)74(103-87)61-102-89-82(100-58-68-44-24-8-25-45-68)79(98-56-66-40-20-6-21-41-66)76(96-54-64-36-16-4-17-37-64)73(105-89)60-101-88-81(99-57-67-42-22-7-23-43-67)78(97-55-65-38-18-5-19-39-65)75(95-53-63-34-14-3-15-35-63)72(104-88)59-94-52-62-32-12-2-13-33-62/h2-51,72-83,87-89H,52-61H2,1H3/t72-,73-,74-,75-,76-,77-,78+,79+,80+,81+,82+,83+,87+,88+,89+/m1/s1. The van der Waals surface area contributed by atoms with Gasteiger partial charge in [0.1, 0.15) is 54.9 Å². The van der Waals surface area contributed by atoms with Crippen molar-refractivity contribution in [1.82, 2.24) is 0 Å². The van der Waals surface area contributed by atoms with E-state index >= 15 is 0 Å². The van der Waals surface area contributed by atoms with E-state index in [-0.39, 0.29) is 76.2 Å². The first-order chi connectivity index (χ1) is 53.3. The third-order valence-electron chi connectivity index (χ3n) is 18.7. The summed E-state index contributed by atoms with van der Waals surface area (Å²) in [5.41, 5.74) is 6.73. The average Bonchev–Trinajstić information content (AvgIpc) is 0.780. The number of esters is 3. The number of hydrogen-bond donors (Lipinski definition) is 0. The molecule has 3 heterocycles. The van der Waals surface area contributed by atoms with Gasteiger partial charge in [0, 0.05) is 7.11 Å². The third kappa shape index (κ3) is 21.3. The molecule has 0 radical (unpaired) electrons. The van der Waals surface area contributed by atoms with E-state index < -0.39 is 117 Å². The van der Waals surface area contributed by atoms with Crippen LogP contribution in [0.15, 0.2) is 303 Å². The van der Waals surface area contributed by atoms with E-state index in [1.165, 1.54) is 7.11 Å². The first-order valence-corrected chi connectivity index (χ1v) is 36.3. The zero-order valence-electron chi connectivity index (χ0n) is 59.9. The second-order valence-electron chi connectivity index (χ2n) is 26.3. The van der Waals surface area contributed by atoms with E-state index in [1.54, 1.807) is 91.0 Å². The molecule has 0 N–H and O–H groups in total. The molecule has 3 aliphatic heterocycles. The minimum absolute atomic E-state index is 0.0451. The van der Waals surface area contributed by atoms with Crippen LogP contribution >= 0.6 is 0 Å². The highest BCUT2D eigenvalue weighted by Gasteiger charge is 2.56. The van der Waals surface area contributed by atoms with Gasteiger partial charge in [-0.1, -0.05) is 267 Å². The number of benzene rings is 10. The lowest BCUT2D eigenvalue weighted by Gasteiger charge is -2.48. The highest BCUT2D eigenvalue weighted by Crippen LogP contribution is 2.38.